The Hall–Kier alpha value is -1.83. The fourth-order valence-electron chi connectivity index (χ4n) is 1.38. The van der Waals surface area contributed by atoms with E-state index in [9.17, 15) is 4.79 Å². The van der Waals surface area contributed by atoms with Gasteiger partial charge in [0.25, 0.3) is 0 Å². The van der Waals surface area contributed by atoms with Crippen molar-refractivity contribution >= 4 is 10.8 Å². The van der Waals surface area contributed by atoms with Gasteiger partial charge in [0.2, 0.25) is 0 Å². The quantitative estimate of drug-likeness (QED) is 0.682. The summed E-state index contributed by atoms with van der Waals surface area (Å²) in [5.41, 5.74) is 0.0140. The maximum absolute atomic E-state index is 11.1. The number of fused-ring (bicyclic) bond motifs is 1. The van der Waals surface area contributed by atoms with Crippen LogP contribution in [0.1, 0.15) is 0 Å². The molecule has 0 saturated heterocycles. The van der Waals surface area contributed by atoms with Crippen LogP contribution in [0.5, 0.6) is 5.75 Å². The molecule has 0 atom stereocenters. The van der Waals surface area contributed by atoms with E-state index in [1.165, 1.54) is 0 Å². The van der Waals surface area contributed by atoms with Gasteiger partial charge in [-0.15, -0.1) is 0 Å². The minimum absolute atomic E-state index is 0.0140. The standard InChI is InChI=1S/C12H10O2/c1-14-12-7-4-9-2-5-11(13)6-3-10(9)8-12/h2-8H,1H3. The number of ether oxygens (including phenoxy) is 1. The number of methoxy groups -OCH3 is 1. The molecule has 2 rings (SSSR count). The molecule has 2 aromatic carbocycles. The Morgan fingerprint density at radius 3 is 2.29 bits per heavy atom. The van der Waals surface area contributed by atoms with Crippen LogP contribution in [-0.4, -0.2) is 7.11 Å². The predicted molar refractivity (Wildman–Crippen MR) is 56.8 cm³/mol. The molecule has 0 heterocycles. The third-order valence-corrected chi connectivity index (χ3v) is 2.15. The zero-order chi connectivity index (χ0) is 9.97. The lowest BCUT2D eigenvalue weighted by Gasteiger charge is -1.99. The lowest BCUT2D eigenvalue weighted by molar-refractivity contribution is 0.415. The Labute approximate surface area is 81.8 Å². The van der Waals surface area contributed by atoms with E-state index < -0.39 is 0 Å². The Bertz CT molecular complexity index is 518. The number of rotatable bonds is 1. The number of hydrogen-bond acceptors (Lipinski definition) is 2. The first-order chi connectivity index (χ1) is 6.79. The Balaban J connectivity index is 2.77. The van der Waals surface area contributed by atoms with Gasteiger partial charge < -0.3 is 4.74 Å². The van der Waals surface area contributed by atoms with Crippen LogP contribution in [0.25, 0.3) is 10.8 Å². The van der Waals surface area contributed by atoms with Gasteiger partial charge in [0, 0.05) is 0 Å². The summed E-state index contributed by atoms with van der Waals surface area (Å²) in [4.78, 5) is 11.1. The second kappa shape index (κ2) is 3.50. The largest absolute Gasteiger partial charge is 0.497 e. The van der Waals surface area contributed by atoms with Crippen molar-refractivity contribution in [3.63, 3.8) is 0 Å². The highest BCUT2D eigenvalue weighted by Crippen LogP contribution is 2.18. The highest BCUT2D eigenvalue weighted by molar-refractivity contribution is 5.83. The summed E-state index contributed by atoms with van der Waals surface area (Å²) >= 11 is 0. The molecule has 14 heavy (non-hydrogen) atoms. The first-order valence-electron chi connectivity index (χ1n) is 4.38. The van der Waals surface area contributed by atoms with Gasteiger partial charge in [0.1, 0.15) is 5.75 Å². The Morgan fingerprint density at radius 2 is 1.57 bits per heavy atom. The zero-order valence-corrected chi connectivity index (χ0v) is 7.86. The summed E-state index contributed by atoms with van der Waals surface area (Å²) in [5.74, 6) is 0.802. The molecule has 0 saturated carbocycles. The molecular weight excluding hydrogens is 176 g/mol. The van der Waals surface area contributed by atoms with Crippen molar-refractivity contribution in [1.29, 1.82) is 0 Å². The third kappa shape index (κ3) is 1.59. The molecule has 0 amide bonds. The van der Waals surface area contributed by atoms with Crippen LogP contribution in [0.3, 0.4) is 0 Å². The van der Waals surface area contributed by atoms with Crippen molar-refractivity contribution in [2.75, 3.05) is 7.11 Å². The Kier molecular flexibility index (Phi) is 2.19. The summed E-state index contributed by atoms with van der Waals surface area (Å²) in [7, 11) is 1.63. The molecule has 0 bridgehead atoms. The molecule has 0 fully saturated rings. The molecular formula is C12H10O2. The number of benzene rings is 1. The van der Waals surface area contributed by atoms with Crippen LogP contribution in [-0.2, 0) is 0 Å². The second-order valence-electron chi connectivity index (χ2n) is 3.06. The predicted octanol–water partition coefficient (Wildman–Crippen LogP) is 2.21. The second-order valence-corrected chi connectivity index (χ2v) is 3.06. The Morgan fingerprint density at radius 1 is 0.929 bits per heavy atom. The van der Waals surface area contributed by atoms with Crippen molar-refractivity contribution < 1.29 is 4.74 Å². The monoisotopic (exact) mass is 186 g/mol. The van der Waals surface area contributed by atoms with Crippen LogP contribution >= 0.6 is 0 Å². The van der Waals surface area contributed by atoms with E-state index in [-0.39, 0.29) is 5.43 Å². The first kappa shape index (κ1) is 8.75. The zero-order valence-electron chi connectivity index (χ0n) is 7.86. The molecule has 2 nitrogen and oxygen atoms in total. The molecule has 0 radical (unpaired) electrons. The lowest BCUT2D eigenvalue weighted by Crippen LogP contribution is -1.87. The van der Waals surface area contributed by atoms with E-state index >= 15 is 0 Å². The van der Waals surface area contributed by atoms with Gasteiger partial charge in [0.15, 0.2) is 5.43 Å². The van der Waals surface area contributed by atoms with Crippen LogP contribution < -0.4 is 10.2 Å². The summed E-state index contributed by atoms with van der Waals surface area (Å²) < 4.78 is 5.11. The third-order valence-electron chi connectivity index (χ3n) is 2.15. The molecule has 70 valence electrons. The van der Waals surface area contributed by atoms with Crippen LogP contribution in [0.15, 0.2) is 47.3 Å². The maximum Gasteiger partial charge on any atom is 0.178 e. The van der Waals surface area contributed by atoms with Crippen LogP contribution in [0, 0.1) is 0 Å². The van der Waals surface area contributed by atoms with Gasteiger partial charge in [-0.25, -0.2) is 0 Å². The molecule has 2 heteroatoms. The van der Waals surface area contributed by atoms with Crippen LogP contribution in [0.2, 0.25) is 0 Å². The summed E-state index contributed by atoms with van der Waals surface area (Å²) in [6.45, 7) is 0. The maximum atomic E-state index is 11.1. The fraction of sp³-hybridized carbons (Fsp3) is 0.0833. The fourth-order valence-corrected chi connectivity index (χ4v) is 1.38. The van der Waals surface area contributed by atoms with E-state index in [1.54, 1.807) is 25.3 Å². The van der Waals surface area contributed by atoms with Gasteiger partial charge in [0.05, 0.1) is 7.11 Å². The highest BCUT2D eigenvalue weighted by Gasteiger charge is 1.94. The SMILES string of the molecule is COc1ccc2ccc(=O)ccc2c1. The van der Waals surface area contributed by atoms with E-state index in [1.807, 2.05) is 24.3 Å². The van der Waals surface area contributed by atoms with Crippen LogP contribution in [0.4, 0.5) is 0 Å². The van der Waals surface area contributed by atoms with E-state index in [4.69, 9.17) is 4.74 Å². The summed E-state index contributed by atoms with van der Waals surface area (Å²) in [5, 5.41) is 2.04. The average Bonchev–Trinajstić information content (AvgIpc) is 2.40. The first-order valence-corrected chi connectivity index (χ1v) is 4.38. The van der Waals surface area contributed by atoms with Crippen molar-refractivity contribution in [3.8, 4) is 5.75 Å². The topological polar surface area (TPSA) is 26.3 Å². The molecule has 0 unspecified atom stereocenters. The molecule has 0 N–H and O–H groups in total. The normalized spacial score (nSPS) is 10.1. The van der Waals surface area contributed by atoms with Gasteiger partial charge >= 0.3 is 0 Å². The molecule has 0 aliphatic carbocycles. The van der Waals surface area contributed by atoms with Crippen molar-refractivity contribution in [2.24, 2.45) is 0 Å². The molecule has 0 aliphatic heterocycles. The molecule has 0 spiro atoms. The van der Waals surface area contributed by atoms with Gasteiger partial charge in [-0.2, -0.15) is 0 Å². The highest BCUT2D eigenvalue weighted by atomic mass is 16.5. The number of hydrogen-bond donors (Lipinski definition) is 0. The minimum Gasteiger partial charge on any atom is -0.497 e. The molecule has 0 aromatic heterocycles. The van der Waals surface area contributed by atoms with Crippen molar-refractivity contribution in [3.05, 3.63) is 52.7 Å². The molecule has 0 aliphatic rings. The smallest absolute Gasteiger partial charge is 0.178 e. The van der Waals surface area contributed by atoms with E-state index in [0.29, 0.717) is 0 Å². The minimum atomic E-state index is 0.0140. The molecule has 2 aromatic rings. The van der Waals surface area contributed by atoms with E-state index in [0.717, 1.165) is 16.5 Å². The van der Waals surface area contributed by atoms with E-state index in [2.05, 4.69) is 0 Å². The summed E-state index contributed by atoms with van der Waals surface area (Å²) in [6, 6.07) is 12.5. The van der Waals surface area contributed by atoms with Crippen molar-refractivity contribution in [1.82, 2.24) is 0 Å². The van der Waals surface area contributed by atoms with Gasteiger partial charge in [-0.3, -0.25) is 4.79 Å². The van der Waals surface area contributed by atoms with Crippen molar-refractivity contribution in [2.45, 2.75) is 0 Å². The van der Waals surface area contributed by atoms with Gasteiger partial charge in [-0.05, 0) is 35.0 Å². The van der Waals surface area contributed by atoms with Gasteiger partial charge in [-0.1, -0.05) is 18.2 Å². The lowest BCUT2D eigenvalue weighted by atomic mass is 10.2. The summed E-state index contributed by atoms with van der Waals surface area (Å²) in [6.07, 6.45) is 0. The average molecular weight is 186 g/mol.